The highest BCUT2D eigenvalue weighted by Crippen LogP contribution is 2.22. The first-order chi connectivity index (χ1) is 10.8. The van der Waals surface area contributed by atoms with E-state index in [1.54, 1.807) is 25.2 Å². The lowest BCUT2D eigenvalue weighted by atomic mass is 10.1. The molecule has 1 aliphatic rings. The number of nitrogens with zero attached hydrogens (tertiary/aromatic N) is 2. The monoisotopic (exact) mass is 353 g/mol. The maximum Gasteiger partial charge on any atom is 0.269 e. The Hall–Kier alpha value is -1.86. The van der Waals surface area contributed by atoms with E-state index < -0.39 is 9.84 Å². The molecule has 2 heterocycles. The van der Waals surface area contributed by atoms with Crippen LogP contribution in [0, 0.1) is 0 Å². The van der Waals surface area contributed by atoms with E-state index in [1.165, 1.54) is 4.68 Å². The SMILES string of the molecule is Cn1nc(-c2cccc(Cl)c2)cc1C(=O)N[C@@H]1CCS(=O)(=O)C1. The molecule has 1 aromatic heterocycles. The zero-order valence-corrected chi connectivity index (χ0v) is 14.1. The number of amides is 1. The van der Waals surface area contributed by atoms with Crippen LogP contribution in [0.15, 0.2) is 30.3 Å². The van der Waals surface area contributed by atoms with Gasteiger partial charge in [-0.25, -0.2) is 8.42 Å². The highest BCUT2D eigenvalue weighted by molar-refractivity contribution is 7.91. The van der Waals surface area contributed by atoms with Crippen molar-refractivity contribution >= 4 is 27.3 Å². The molecule has 1 amide bonds. The Bertz CT molecular complexity index is 861. The number of aryl methyl sites for hydroxylation is 1. The van der Waals surface area contributed by atoms with Gasteiger partial charge in [0.05, 0.1) is 17.2 Å². The van der Waals surface area contributed by atoms with Crippen molar-refractivity contribution in [3.63, 3.8) is 0 Å². The van der Waals surface area contributed by atoms with E-state index in [1.807, 2.05) is 12.1 Å². The summed E-state index contributed by atoms with van der Waals surface area (Å²) in [7, 11) is -1.35. The minimum Gasteiger partial charge on any atom is -0.347 e. The molecule has 0 aliphatic carbocycles. The average Bonchev–Trinajstić information content (AvgIpc) is 3.01. The standard InChI is InChI=1S/C15H16ClN3O3S/c1-19-14(15(20)17-12-5-6-23(21,22)9-12)8-13(18-19)10-3-2-4-11(16)7-10/h2-4,7-8,12H,5-6,9H2,1H3,(H,17,20)/t12-/m1/s1. The lowest BCUT2D eigenvalue weighted by molar-refractivity contribution is 0.0931. The lowest BCUT2D eigenvalue weighted by Crippen LogP contribution is -2.36. The van der Waals surface area contributed by atoms with Crippen LogP contribution in [0.2, 0.25) is 5.02 Å². The average molecular weight is 354 g/mol. The van der Waals surface area contributed by atoms with E-state index in [-0.39, 0.29) is 23.5 Å². The molecule has 0 saturated carbocycles. The number of benzene rings is 1. The van der Waals surface area contributed by atoms with Crippen molar-refractivity contribution < 1.29 is 13.2 Å². The Morgan fingerprint density at radius 1 is 1.39 bits per heavy atom. The van der Waals surface area contributed by atoms with Gasteiger partial charge in [-0.3, -0.25) is 9.48 Å². The fourth-order valence-electron chi connectivity index (χ4n) is 2.64. The van der Waals surface area contributed by atoms with Crippen molar-refractivity contribution in [3.8, 4) is 11.3 Å². The summed E-state index contributed by atoms with van der Waals surface area (Å²) in [5.74, 6) is -0.204. The summed E-state index contributed by atoms with van der Waals surface area (Å²) in [6.45, 7) is 0. The molecule has 1 N–H and O–H groups in total. The molecule has 0 bridgehead atoms. The molecule has 3 rings (SSSR count). The number of rotatable bonds is 3. The molecule has 1 aromatic carbocycles. The first-order valence-corrected chi connectivity index (χ1v) is 9.35. The predicted molar refractivity (Wildman–Crippen MR) is 88.2 cm³/mol. The number of aromatic nitrogens is 2. The Labute approximate surface area is 139 Å². The normalized spacial score (nSPS) is 19.7. The second-order valence-corrected chi connectivity index (χ2v) is 8.29. The summed E-state index contributed by atoms with van der Waals surface area (Å²) in [4.78, 5) is 12.4. The summed E-state index contributed by atoms with van der Waals surface area (Å²) >= 11 is 5.97. The van der Waals surface area contributed by atoms with Crippen molar-refractivity contribution in [2.24, 2.45) is 7.05 Å². The van der Waals surface area contributed by atoms with Crippen molar-refractivity contribution in [1.82, 2.24) is 15.1 Å². The smallest absolute Gasteiger partial charge is 0.269 e. The van der Waals surface area contributed by atoms with Gasteiger partial charge in [0.1, 0.15) is 5.69 Å². The van der Waals surface area contributed by atoms with Crippen molar-refractivity contribution in [1.29, 1.82) is 0 Å². The highest BCUT2D eigenvalue weighted by atomic mass is 35.5. The lowest BCUT2D eigenvalue weighted by Gasteiger charge is -2.10. The van der Waals surface area contributed by atoms with Crippen LogP contribution in [-0.4, -0.2) is 41.7 Å². The summed E-state index contributed by atoms with van der Waals surface area (Å²) < 4.78 is 24.4. The third-order valence-corrected chi connectivity index (χ3v) is 5.80. The number of hydrogen-bond acceptors (Lipinski definition) is 4. The number of halogens is 1. The molecule has 6 nitrogen and oxygen atoms in total. The van der Waals surface area contributed by atoms with Gasteiger partial charge in [0, 0.05) is 23.7 Å². The number of hydrogen-bond donors (Lipinski definition) is 1. The Balaban J connectivity index is 1.79. The Kier molecular flexibility index (Phi) is 4.16. The van der Waals surface area contributed by atoms with E-state index in [9.17, 15) is 13.2 Å². The van der Waals surface area contributed by atoms with E-state index in [2.05, 4.69) is 10.4 Å². The van der Waals surface area contributed by atoms with Gasteiger partial charge >= 0.3 is 0 Å². The molecule has 1 saturated heterocycles. The highest BCUT2D eigenvalue weighted by Gasteiger charge is 2.29. The second kappa shape index (κ2) is 5.98. The summed E-state index contributed by atoms with van der Waals surface area (Å²) in [5.41, 5.74) is 1.83. The molecule has 2 aromatic rings. The number of nitrogens with one attached hydrogen (secondary N) is 1. The molecule has 1 fully saturated rings. The van der Waals surface area contributed by atoms with Gasteiger partial charge in [0.15, 0.2) is 9.84 Å². The van der Waals surface area contributed by atoms with Gasteiger partial charge in [0.2, 0.25) is 0 Å². The number of carbonyl (C=O) groups is 1. The largest absolute Gasteiger partial charge is 0.347 e. The molecule has 8 heteroatoms. The molecule has 1 aliphatic heterocycles. The Morgan fingerprint density at radius 3 is 2.83 bits per heavy atom. The molecule has 0 radical (unpaired) electrons. The van der Waals surface area contributed by atoms with Gasteiger partial charge in [-0.15, -0.1) is 0 Å². The van der Waals surface area contributed by atoms with Crippen LogP contribution in [0.3, 0.4) is 0 Å². The Morgan fingerprint density at radius 2 is 2.17 bits per heavy atom. The van der Waals surface area contributed by atoms with E-state index in [0.29, 0.717) is 22.8 Å². The van der Waals surface area contributed by atoms with Crippen molar-refractivity contribution in [2.45, 2.75) is 12.5 Å². The van der Waals surface area contributed by atoms with Crippen LogP contribution in [-0.2, 0) is 16.9 Å². The summed E-state index contributed by atoms with van der Waals surface area (Å²) in [6.07, 6.45) is 0.451. The van der Waals surface area contributed by atoms with E-state index in [4.69, 9.17) is 11.6 Å². The zero-order chi connectivity index (χ0) is 16.6. The molecular weight excluding hydrogens is 338 g/mol. The molecule has 122 valence electrons. The molecule has 1 atom stereocenters. The molecule has 0 spiro atoms. The number of sulfone groups is 1. The second-order valence-electron chi connectivity index (χ2n) is 5.62. The van der Waals surface area contributed by atoms with Gasteiger partial charge in [-0.05, 0) is 24.6 Å². The summed E-state index contributed by atoms with van der Waals surface area (Å²) in [5, 5.41) is 7.68. The maximum absolute atomic E-state index is 12.4. The van der Waals surface area contributed by atoms with E-state index >= 15 is 0 Å². The first kappa shape index (κ1) is 16.0. The van der Waals surface area contributed by atoms with Crippen molar-refractivity contribution in [2.75, 3.05) is 11.5 Å². The third kappa shape index (κ3) is 3.56. The summed E-state index contributed by atoms with van der Waals surface area (Å²) in [6, 6.07) is 8.55. The topological polar surface area (TPSA) is 81.1 Å². The molecular formula is C15H16ClN3O3S. The minimum atomic E-state index is -3.03. The van der Waals surface area contributed by atoms with E-state index in [0.717, 1.165) is 5.56 Å². The molecule has 23 heavy (non-hydrogen) atoms. The van der Waals surface area contributed by atoms with Crippen molar-refractivity contribution in [3.05, 3.63) is 41.0 Å². The number of carbonyl (C=O) groups excluding carboxylic acids is 1. The minimum absolute atomic E-state index is 0.00224. The fraction of sp³-hybridized carbons (Fsp3) is 0.333. The van der Waals surface area contributed by atoms with Crippen LogP contribution in [0.5, 0.6) is 0 Å². The first-order valence-electron chi connectivity index (χ1n) is 7.15. The quantitative estimate of drug-likeness (QED) is 0.909. The zero-order valence-electron chi connectivity index (χ0n) is 12.5. The third-order valence-electron chi connectivity index (χ3n) is 3.80. The van der Waals surface area contributed by atoms with Gasteiger partial charge in [-0.2, -0.15) is 5.10 Å². The van der Waals surface area contributed by atoms with Crippen LogP contribution >= 0.6 is 11.6 Å². The van der Waals surface area contributed by atoms with Gasteiger partial charge in [0.25, 0.3) is 5.91 Å². The van der Waals surface area contributed by atoms with Crippen LogP contribution in [0.4, 0.5) is 0 Å². The van der Waals surface area contributed by atoms with Gasteiger partial charge in [-0.1, -0.05) is 23.7 Å². The van der Waals surface area contributed by atoms with Crippen LogP contribution in [0.1, 0.15) is 16.9 Å². The van der Waals surface area contributed by atoms with Crippen LogP contribution in [0.25, 0.3) is 11.3 Å². The van der Waals surface area contributed by atoms with Gasteiger partial charge < -0.3 is 5.32 Å². The fourth-order valence-corrected chi connectivity index (χ4v) is 4.50. The maximum atomic E-state index is 12.4. The predicted octanol–water partition coefficient (Wildman–Crippen LogP) is 1.66. The molecule has 0 unspecified atom stereocenters. The van der Waals surface area contributed by atoms with Crippen LogP contribution < -0.4 is 5.32 Å².